The van der Waals surface area contributed by atoms with Gasteiger partial charge in [-0.2, -0.15) is 16.9 Å². The minimum atomic E-state index is 0.695. The lowest BCUT2D eigenvalue weighted by atomic mass is 9.95. The van der Waals surface area contributed by atoms with Gasteiger partial charge in [0.2, 0.25) is 0 Å². The number of thioether (sulfide) groups is 1. The lowest BCUT2D eigenvalue weighted by Crippen LogP contribution is -2.34. The second kappa shape index (κ2) is 6.62. The molecule has 3 nitrogen and oxygen atoms in total. The number of rotatable bonds is 5. The smallest absolute Gasteiger partial charge is 0.0666 e. The van der Waals surface area contributed by atoms with Crippen molar-refractivity contribution >= 4 is 11.8 Å². The third kappa shape index (κ3) is 3.51. The van der Waals surface area contributed by atoms with Gasteiger partial charge in [0.05, 0.1) is 5.69 Å². The van der Waals surface area contributed by atoms with Gasteiger partial charge in [-0.3, -0.25) is 4.68 Å². The molecule has 1 N–H and O–H groups in total. The quantitative estimate of drug-likeness (QED) is 0.889. The van der Waals surface area contributed by atoms with Crippen LogP contribution in [0.3, 0.4) is 0 Å². The van der Waals surface area contributed by atoms with Crippen molar-refractivity contribution in [1.29, 1.82) is 0 Å². The van der Waals surface area contributed by atoms with E-state index in [1.54, 1.807) is 0 Å². The Hall–Kier alpha value is -0.480. The molecule has 4 heteroatoms. The van der Waals surface area contributed by atoms with E-state index >= 15 is 0 Å². The molecule has 1 saturated carbocycles. The maximum absolute atomic E-state index is 4.50. The van der Waals surface area contributed by atoms with Crippen molar-refractivity contribution in [3.05, 3.63) is 17.5 Å². The molecule has 0 saturated heterocycles. The van der Waals surface area contributed by atoms with Crippen molar-refractivity contribution in [2.24, 2.45) is 7.05 Å². The number of nitrogens with one attached hydrogen (secondary N) is 1. The van der Waals surface area contributed by atoms with Crippen molar-refractivity contribution in [3.8, 4) is 0 Å². The zero-order valence-electron chi connectivity index (χ0n) is 11.8. The van der Waals surface area contributed by atoms with Gasteiger partial charge in [0.1, 0.15) is 0 Å². The van der Waals surface area contributed by atoms with Gasteiger partial charge in [0, 0.05) is 36.6 Å². The van der Waals surface area contributed by atoms with Crippen LogP contribution in [0.25, 0.3) is 0 Å². The molecule has 0 aromatic carbocycles. The highest BCUT2D eigenvalue weighted by molar-refractivity contribution is 7.99. The molecule has 0 bridgehead atoms. The maximum atomic E-state index is 4.50. The fourth-order valence-corrected chi connectivity index (χ4v) is 3.65. The van der Waals surface area contributed by atoms with Crippen LogP contribution >= 0.6 is 11.8 Å². The molecule has 1 aliphatic carbocycles. The van der Waals surface area contributed by atoms with Gasteiger partial charge in [-0.1, -0.05) is 13.3 Å². The third-order valence-electron chi connectivity index (χ3n) is 3.87. The zero-order valence-corrected chi connectivity index (χ0v) is 12.6. The van der Waals surface area contributed by atoms with E-state index in [9.17, 15) is 0 Å². The normalized spacial score (nSPS) is 24.4. The molecule has 1 heterocycles. The van der Waals surface area contributed by atoms with Gasteiger partial charge in [-0.25, -0.2) is 0 Å². The Bertz CT molecular complexity index is 375. The Morgan fingerprint density at radius 1 is 1.50 bits per heavy atom. The van der Waals surface area contributed by atoms with Crippen LogP contribution in [0.2, 0.25) is 0 Å². The van der Waals surface area contributed by atoms with Crippen LogP contribution < -0.4 is 5.32 Å². The fraction of sp³-hybridized carbons (Fsp3) is 0.786. The Labute approximate surface area is 115 Å². The largest absolute Gasteiger partial charge is 0.310 e. The highest BCUT2D eigenvalue weighted by atomic mass is 32.2. The molecule has 0 spiro atoms. The molecule has 2 unspecified atom stereocenters. The summed E-state index contributed by atoms with van der Waals surface area (Å²) in [4.78, 5) is 0. The summed E-state index contributed by atoms with van der Waals surface area (Å²) in [6.07, 6.45) is 10.8. The van der Waals surface area contributed by atoms with Crippen LogP contribution in [0.1, 0.15) is 43.9 Å². The van der Waals surface area contributed by atoms with E-state index in [2.05, 4.69) is 29.8 Å². The van der Waals surface area contributed by atoms with E-state index in [-0.39, 0.29) is 0 Å². The molecule has 2 rings (SSSR count). The summed E-state index contributed by atoms with van der Waals surface area (Å²) in [6, 6.07) is 0.695. The molecule has 18 heavy (non-hydrogen) atoms. The van der Waals surface area contributed by atoms with E-state index < -0.39 is 0 Å². The molecule has 1 aromatic heterocycles. The van der Waals surface area contributed by atoms with Gasteiger partial charge in [-0.05, 0) is 31.9 Å². The first-order chi connectivity index (χ1) is 8.72. The van der Waals surface area contributed by atoms with E-state index in [1.807, 2.05) is 23.5 Å². The van der Waals surface area contributed by atoms with Gasteiger partial charge in [-0.15, -0.1) is 0 Å². The SMILES string of the molecule is CCc1nn(C)cc1CNC1CCCC(SC)C1. The van der Waals surface area contributed by atoms with Crippen LogP contribution in [0.4, 0.5) is 0 Å². The van der Waals surface area contributed by atoms with Gasteiger partial charge in [0.15, 0.2) is 0 Å². The van der Waals surface area contributed by atoms with Crippen LogP contribution in [0, 0.1) is 0 Å². The number of aromatic nitrogens is 2. The highest BCUT2D eigenvalue weighted by Gasteiger charge is 2.21. The molecule has 1 aromatic rings. The topological polar surface area (TPSA) is 29.9 Å². The predicted molar refractivity (Wildman–Crippen MR) is 79.0 cm³/mol. The Kier molecular flexibility index (Phi) is 5.13. The molecular formula is C14H25N3S. The standard InChI is InChI=1S/C14H25N3S/c1-4-14-11(10-17(2)16-14)9-15-12-6-5-7-13(8-12)18-3/h10,12-13,15H,4-9H2,1-3H3. The molecule has 2 atom stereocenters. The van der Waals surface area contributed by atoms with Crippen LogP contribution in [0.5, 0.6) is 0 Å². The second-order valence-corrected chi connectivity index (χ2v) is 6.37. The van der Waals surface area contributed by atoms with Crippen molar-refractivity contribution in [2.75, 3.05) is 6.26 Å². The molecule has 0 amide bonds. The number of hydrogen-bond donors (Lipinski definition) is 1. The summed E-state index contributed by atoms with van der Waals surface area (Å²) < 4.78 is 1.93. The summed E-state index contributed by atoms with van der Waals surface area (Å²) in [5, 5.41) is 9.08. The average Bonchev–Trinajstić information content (AvgIpc) is 2.77. The van der Waals surface area contributed by atoms with Gasteiger partial charge >= 0.3 is 0 Å². The van der Waals surface area contributed by atoms with E-state index in [0.29, 0.717) is 6.04 Å². The lowest BCUT2D eigenvalue weighted by molar-refractivity contribution is 0.379. The minimum Gasteiger partial charge on any atom is -0.310 e. The summed E-state index contributed by atoms with van der Waals surface area (Å²) >= 11 is 2.03. The second-order valence-electron chi connectivity index (χ2n) is 5.23. The summed E-state index contributed by atoms with van der Waals surface area (Å²) in [7, 11) is 2.01. The number of nitrogens with zero attached hydrogens (tertiary/aromatic N) is 2. The minimum absolute atomic E-state index is 0.695. The Morgan fingerprint density at radius 2 is 2.33 bits per heavy atom. The third-order valence-corrected chi connectivity index (χ3v) is 4.96. The Morgan fingerprint density at radius 3 is 3.06 bits per heavy atom. The lowest BCUT2D eigenvalue weighted by Gasteiger charge is -2.28. The first-order valence-corrected chi connectivity index (χ1v) is 8.29. The van der Waals surface area contributed by atoms with Crippen LogP contribution in [0.15, 0.2) is 6.20 Å². The summed E-state index contributed by atoms with van der Waals surface area (Å²) in [6.45, 7) is 3.15. The Balaban J connectivity index is 1.86. The van der Waals surface area contributed by atoms with Gasteiger partial charge in [0.25, 0.3) is 0 Å². The van der Waals surface area contributed by atoms with Crippen molar-refractivity contribution in [2.45, 2.75) is 56.9 Å². The van der Waals surface area contributed by atoms with E-state index in [4.69, 9.17) is 0 Å². The number of hydrogen-bond acceptors (Lipinski definition) is 3. The fourth-order valence-electron chi connectivity index (χ4n) is 2.83. The monoisotopic (exact) mass is 267 g/mol. The van der Waals surface area contributed by atoms with Crippen molar-refractivity contribution in [3.63, 3.8) is 0 Å². The zero-order chi connectivity index (χ0) is 13.0. The molecule has 1 aliphatic rings. The molecule has 0 aliphatic heterocycles. The molecule has 102 valence electrons. The van der Waals surface area contributed by atoms with Crippen molar-refractivity contribution in [1.82, 2.24) is 15.1 Å². The van der Waals surface area contributed by atoms with Gasteiger partial charge < -0.3 is 5.32 Å². The number of aryl methyl sites for hydroxylation is 2. The van der Waals surface area contributed by atoms with Crippen LogP contribution in [-0.4, -0.2) is 27.3 Å². The summed E-state index contributed by atoms with van der Waals surface area (Å²) in [5.74, 6) is 0. The maximum Gasteiger partial charge on any atom is 0.0666 e. The van der Waals surface area contributed by atoms with E-state index in [1.165, 1.54) is 36.9 Å². The first kappa shape index (κ1) is 13.9. The predicted octanol–water partition coefficient (Wildman–Crippen LogP) is 2.75. The highest BCUT2D eigenvalue weighted by Crippen LogP contribution is 2.27. The molecular weight excluding hydrogens is 242 g/mol. The average molecular weight is 267 g/mol. The molecule has 1 fully saturated rings. The van der Waals surface area contributed by atoms with Crippen molar-refractivity contribution < 1.29 is 0 Å². The first-order valence-electron chi connectivity index (χ1n) is 7.00. The molecule has 0 radical (unpaired) electrons. The van der Waals surface area contributed by atoms with E-state index in [0.717, 1.165) is 18.2 Å². The van der Waals surface area contributed by atoms with Crippen LogP contribution in [-0.2, 0) is 20.0 Å². The summed E-state index contributed by atoms with van der Waals surface area (Å²) in [5.41, 5.74) is 2.61.